The fraction of sp³-hybridized carbons (Fsp3) is 0.421. The van der Waals surface area contributed by atoms with Crippen molar-refractivity contribution in [2.45, 2.75) is 19.3 Å². The highest BCUT2D eigenvalue weighted by Crippen LogP contribution is 2.36. The van der Waals surface area contributed by atoms with Gasteiger partial charge in [0.15, 0.2) is 0 Å². The van der Waals surface area contributed by atoms with Crippen molar-refractivity contribution in [3.05, 3.63) is 30.6 Å². The Morgan fingerprint density at radius 2 is 2.04 bits per heavy atom. The van der Waals surface area contributed by atoms with E-state index in [1.165, 1.54) is 32.3 Å². The van der Waals surface area contributed by atoms with Crippen LogP contribution in [0.2, 0.25) is 0 Å². The van der Waals surface area contributed by atoms with E-state index >= 15 is 0 Å². The van der Waals surface area contributed by atoms with Crippen molar-refractivity contribution >= 4 is 16.9 Å². The summed E-state index contributed by atoms with van der Waals surface area (Å²) in [5.41, 5.74) is 2.03. The summed E-state index contributed by atoms with van der Waals surface area (Å²) in [5, 5.41) is 8.44. The third kappa shape index (κ3) is 3.35. The number of aromatic nitrogens is 3. The van der Waals surface area contributed by atoms with Crippen molar-refractivity contribution in [3.63, 3.8) is 0 Å². The second-order valence-corrected chi connectivity index (χ2v) is 6.46. The van der Waals surface area contributed by atoms with E-state index in [1.807, 2.05) is 24.3 Å². The van der Waals surface area contributed by atoms with E-state index in [-0.39, 0.29) is 0 Å². The van der Waals surface area contributed by atoms with E-state index < -0.39 is 0 Å². The third-order valence-corrected chi connectivity index (χ3v) is 4.78. The quantitative estimate of drug-likeness (QED) is 0.654. The third-order valence-electron chi connectivity index (χ3n) is 4.78. The molecule has 1 aromatic carbocycles. The van der Waals surface area contributed by atoms with Crippen LogP contribution in [0.4, 0.5) is 5.82 Å². The number of benzene rings is 1. The summed E-state index contributed by atoms with van der Waals surface area (Å²) in [5.74, 6) is 1.49. The molecule has 0 bridgehead atoms. The van der Waals surface area contributed by atoms with Crippen molar-refractivity contribution in [1.29, 1.82) is 0 Å². The van der Waals surface area contributed by atoms with Crippen molar-refractivity contribution in [3.8, 4) is 17.0 Å². The highest BCUT2D eigenvalue weighted by atomic mass is 16.5. The summed E-state index contributed by atoms with van der Waals surface area (Å²) in [6.45, 7) is 4.41. The highest BCUT2D eigenvalue weighted by Gasteiger charge is 2.19. The lowest BCUT2D eigenvalue weighted by atomic mass is 10.1. The standard InChI is InChI=1S/C19H23N5O2/c1-25-15-8-3-2-7-14(15)17-16-18(21-13-22-19(16)26-23-17)20-9-6-12-24-10-4-5-11-24/h2-3,7-8,13H,4-6,9-12H2,1H3,(H,20,21,22). The zero-order valence-electron chi connectivity index (χ0n) is 14.9. The van der Waals surface area contributed by atoms with Gasteiger partial charge in [0, 0.05) is 12.1 Å². The molecule has 2 aromatic heterocycles. The van der Waals surface area contributed by atoms with Crippen LogP contribution in [0.15, 0.2) is 35.1 Å². The lowest BCUT2D eigenvalue weighted by Crippen LogP contribution is -2.22. The molecule has 26 heavy (non-hydrogen) atoms. The van der Waals surface area contributed by atoms with Crippen LogP contribution in [0.25, 0.3) is 22.4 Å². The van der Waals surface area contributed by atoms with Gasteiger partial charge < -0.3 is 19.5 Å². The Labute approximate surface area is 152 Å². The van der Waals surface area contributed by atoms with Gasteiger partial charge in [-0.3, -0.25) is 0 Å². The minimum atomic E-state index is 0.475. The summed E-state index contributed by atoms with van der Waals surface area (Å²) in [7, 11) is 1.65. The molecular formula is C19H23N5O2. The van der Waals surface area contributed by atoms with Crippen LogP contribution in [0.5, 0.6) is 5.75 Å². The van der Waals surface area contributed by atoms with Crippen molar-refractivity contribution in [1.82, 2.24) is 20.0 Å². The van der Waals surface area contributed by atoms with Gasteiger partial charge in [0.2, 0.25) is 0 Å². The van der Waals surface area contributed by atoms with Crippen LogP contribution >= 0.6 is 0 Å². The predicted octanol–water partition coefficient (Wildman–Crippen LogP) is 3.19. The average Bonchev–Trinajstić information content (AvgIpc) is 3.35. The van der Waals surface area contributed by atoms with Gasteiger partial charge in [0.05, 0.1) is 7.11 Å². The molecule has 0 amide bonds. The van der Waals surface area contributed by atoms with Crippen LogP contribution < -0.4 is 10.1 Å². The number of likely N-dealkylation sites (tertiary alicyclic amines) is 1. The van der Waals surface area contributed by atoms with E-state index in [4.69, 9.17) is 9.26 Å². The van der Waals surface area contributed by atoms with E-state index in [1.54, 1.807) is 7.11 Å². The Kier molecular flexibility index (Phi) is 4.97. The lowest BCUT2D eigenvalue weighted by molar-refractivity contribution is 0.337. The number of ether oxygens (including phenoxy) is 1. The second kappa shape index (κ2) is 7.70. The average molecular weight is 353 g/mol. The molecule has 1 fully saturated rings. The minimum Gasteiger partial charge on any atom is -0.496 e. The van der Waals surface area contributed by atoms with Crippen LogP contribution in [0, 0.1) is 0 Å². The topological polar surface area (TPSA) is 76.3 Å². The Balaban J connectivity index is 1.56. The summed E-state index contributed by atoms with van der Waals surface area (Å²) in [6.07, 6.45) is 5.22. The van der Waals surface area contributed by atoms with Crippen LogP contribution in [-0.4, -0.2) is 53.3 Å². The maximum atomic E-state index is 5.47. The zero-order valence-corrected chi connectivity index (χ0v) is 14.9. The minimum absolute atomic E-state index is 0.475. The monoisotopic (exact) mass is 353 g/mol. The zero-order chi connectivity index (χ0) is 17.8. The number of methoxy groups -OCH3 is 1. The number of rotatable bonds is 7. The number of fused-ring (bicyclic) bond motifs is 1. The predicted molar refractivity (Wildman–Crippen MR) is 100 cm³/mol. The van der Waals surface area contributed by atoms with Gasteiger partial charge in [-0.25, -0.2) is 4.98 Å². The van der Waals surface area contributed by atoms with E-state index in [0.717, 1.165) is 42.0 Å². The van der Waals surface area contributed by atoms with Crippen molar-refractivity contribution in [2.75, 3.05) is 38.6 Å². The maximum Gasteiger partial charge on any atom is 0.263 e. The number of para-hydroxylation sites is 1. The molecule has 0 atom stereocenters. The first-order valence-electron chi connectivity index (χ1n) is 9.07. The molecule has 0 radical (unpaired) electrons. The lowest BCUT2D eigenvalue weighted by Gasteiger charge is -2.14. The fourth-order valence-electron chi connectivity index (χ4n) is 3.46. The smallest absolute Gasteiger partial charge is 0.263 e. The number of hydrogen-bond donors (Lipinski definition) is 1. The van der Waals surface area contributed by atoms with Crippen LogP contribution in [0.1, 0.15) is 19.3 Å². The summed E-state index contributed by atoms with van der Waals surface area (Å²) >= 11 is 0. The molecule has 3 aromatic rings. The molecule has 0 aliphatic carbocycles. The van der Waals surface area contributed by atoms with Crippen LogP contribution in [-0.2, 0) is 0 Å². The molecule has 0 saturated carbocycles. The van der Waals surface area contributed by atoms with Gasteiger partial charge in [-0.1, -0.05) is 17.3 Å². The first kappa shape index (κ1) is 16.8. The van der Waals surface area contributed by atoms with Gasteiger partial charge in [-0.15, -0.1) is 0 Å². The number of nitrogens with one attached hydrogen (secondary N) is 1. The number of anilines is 1. The maximum absolute atomic E-state index is 5.47. The molecule has 0 unspecified atom stereocenters. The fourth-order valence-corrected chi connectivity index (χ4v) is 3.46. The summed E-state index contributed by atoms with van der Waals surface area (Å²) < 4.78 is 10.9. The normalized spacial score (nSPS) is 14.8. The molecule has 1 N–H and O–H groups in total. The molecule has 1 aliphatic heterocycles. The molecule has 1 saturated heterocycles. The Hall–Kier alpha value is -2.67. The molecule has 136 valence electrons. The van der Waals surface area contributed by atoms with Crippen LogP contribution in [0.3, 0.4) is 0 Å². The largest absolute Gasteiger partial charge is 0.496 e. The van der Waals surface area contributed by atoms with Crippen molar-refractivity contribution < 1.29 is 9.26 Å². The Bertz CT molecular complexity index is 873. The molecule has 7 heteroatoms. The van der Waals surface area contributed by atoms with Gasteiger partial charge in [-0.05, 0) is 51.0 Å². The first-order chi connectivity index (χ1) is 12.9. The van der Waals surface area contributed by atoms with Gasteiger partial charge in [0.25, 0.3) is 5.71 Å². The second-order valence-electron chi connectivity index (χ2n) is 6.46. The van der Waals surface area contributed by atoms with E-state index in [9.17, 15) is 0 Å². The summed E-state index contributed by atoms with van der Waals surface area (Å²) in [4.78, 5) is 11.1. The molecule has 1 aliphatic rings. The molecule has 4 rings (SSSR count). The molecule has 0 spiro atoms. The SMILES string of the molecule is COc1ccccc1-c1noc2ncnc(NCCCN3CCCC3)c12. The van der Waals surface area contributed by atoms with Gasteiger partial charge in [0.1, 0.15) is 29.0 Å². The molecule has 7 nitrogen and oxygen atoms in total. The van der Waals surface area contributed by atoms with E-state index in [0.29, 0.717) is 11.4 Å². The van der Waals surface area contributed by atoms with E-state index in [2.05, 4.69) is 25.3 Å². The number of nitrogens with zero attached hydrogens (tertiary/aromatic N) is 4. The Morgan fingerprint density at radius 3 is 2.88 bits per heavy atom. The Morgan fingerprint density at radius 1 is 1.19 bits per heavy atom. The number of hydrogen-bond acceptors (Lipinski definition) is 7. The van der Waals surface area contributed by atoms with Gasteiger partial charge >= 0.3 is 0 Å². The molecule has 3 heterocycles. The summed E-state index contributed by atoms with van der Waals surface area (Å²) in [6, 6.07) is 7.74. The van der Waals surface area contributed by atoms with Crippen molar-refractivity contribution in [2.24, 2.45) is 0 Å². The highest BCUT2D eigenvalue weighted by molar-refractivity contribution is 5.98. The molecular weight excluding hydrogens is 330 g/mol. The first-order valence-corrected chi connectivity index (χ1v) is 9.07. The van der Waals surface area contributed by atoms with Gasteiger partial charge in [-0.2, -0.15) is 4.98 Å².